The second kappa shape index (κ2) is 4.41. The van der Waals surface area contributed by atoms with E-state index in [2.05, 4.69) is 19.1 Å². The number of hydrogen-bond donors (Lipinski definition) is 0. The smallest absolute Gasteiger partial charge is 0.135 e. The molecule has 1 nitrogen and oxygen atoms in total. The van der Waals surface area contributed by atoms with Crippen molar-refractivity contribution in [1.82, 2.24) is 0 Å². The zero-order valence-electron chi connectivity index (χ0n) is 7.59. The van der Waals surface area contributed by atoms with E-state index in [1.807, 2.05) is 0 Å². The molecule has 12 heavy (non-hydrogen) atoms. The van der Waals surface area contributed by atoms with Crippen molar-refractivity contribution in [2.45, 2.75) is 33.1 Å². The highest BCUT2D eigenvalue weighted by molar-refractivity contribution is 7.12. The van der Waals surface area contributed by atoms with Crippen molar-refractivity contribution >= 4 is 17.1 Å². The Labute approximate surface area is 77.4 Å². The zero-order valence-corrected chi connectivity index (χ0v) is 8.41. The Hall–Kier alpha value is -0.630. The van der Waals surface area contributed by atoms with Gasteiger partial charge in [-0.15, -0.1) is 11.3 Å². The number of aryl methyl sites for hydroxylation is 1. The number of Topliss-reactive ketones (excluding diaryl/α,β-unsaturated/α-hetero) is 1. The van der Waals surface area contributed by atoms with E-state index in [1.165, 1.54) is 16.2 Å². The third-order valence-corrected chi connectivity index (χ3v) is 2.78. The van der Waals surface area contributed by atoms with E-state index in [0.29, 0.717) is 6.42 Å². The van der Waals surface area contributed by atoms with Gasteiger partial charge in [-0.05, 0) is 25.5 Å². The van der Waals surface area contributed by atoms with Crippen LogP contribution in [0.2, 0.25) is 0 Å². The highest BCUT2D eigenvalue weighted by Crippen LogP contribution is 2.18. The molecule has 0 radical (unpaired) electrons. The summed E-state index contributed by atoms with van der Waals surface area (Å²) in [5.41, 5.74) is 0. The van der Waals surface area contributed by atoms with Gasteiger partial charge in [0.25, 0.3) is 0 Å². The molecule has 1 aromatic heterocycles. The number of rotatable bonds is 4. The summed E-state index contributed by atoms with van der Waals surface area (Å²) in [5.74, 6) is 0.250. The van der Waals surface area contributed by atoms with E-state index in [1.54, 1.807) is 18.3 Å². The van der Waals surface area contributed by atoms with Gasteiger partial charge in [0.15, 0.2) is 0 Å². The fraction of sp³-hybridized carbons (Fsp3) is 0.500. The van der Waals surface area contributed by atoms with Gasteiger partial charge in [0.2, 0.25) is 0 Å². The lowest BCUT2D eigenvalue weighted by molar-refractivity contribution is -0.116. The van der Waals surface area contributed by atoms with Crippen molar-refractivity contribution in [1.29, 1.82) is 0 Å². The molecule has 0 bridgehead atoms. The van der Waals surface area contributed by atoms with Gasteiger partial charge in [-0.2, -0.15) is 0 Å². The van der Waals surface area contributed by atoms with Crippen molar-refractivity contribution in [3.8, 4) is 0 Å². The first-order valence-corrected chi connectivity index (χ1v) is 5.11. The third-order valence-electron chi connectivity index (χ3n) is 1.64. The van der Waals surface area contributed by atoms with Gasteiger partial charge in [-0.25, -0.2) is 0 Å². The average molecular weight is 182 g/mol. The van der Waals surface area contributed by atoms with Crippen LogP contribution >= 0.6 is 11.3 Å². The predicted molar refractivity (Wildman–Crippen MR) is 52.7 cm³/mol. The van der Waals surface area contributed by atoms with Crippen LogP contribution in [0.1, 0.15) is 30.0 Å². The molecule has 0 N–H and O–H groups in total. The molecule has 0 unspecified atom stereocenters. The van der Waals surface area contributed by atoms with Crippen LogP contribution < -0.4 is 0 Å². The fourth-order valence-electron chi connectivity index (χ4n) is 1.14. The standard InChI is InChI=1S/C10H14OS/c1-3-4-9-5-6-10(12-9)7-8(2)11/h5-6H,3-4,7H2,1-2H3. The molecule has 1 aromatic rings. The van der Waals surface area contributed by atoms with E-state index in [4.69, 9.17) is 0 Å². The molecule has 0 fully saturated rings. The molecule has 0 spiro atoms. The minimum Gasteiger partial charge on any atom is -0.300 e. The first-order chi connectivity index (χ1) is 5.72. The van der Waals surface area contributed by atoms with E-state index in [9.17, 15) is 4.79 Å². The van der Waals surface area contributed by atoms with Crippen molar-refractivity contribution in [3.05, 3.63) is 21.9 Å². The molecular formula is C10H14OS. The van der Waals surface area contributed by atoms with Crippen molar-refractivity contribution in [2.24, 2.45) is 0 Å². The molecule has 0 saturated carbocycles. The third kappa shape index (κ3) is 2.78. The van der Waals surface area contributed by atoms with Crippen molar-refractivity contribution in [3.63, 3.8) is 0 Å². The predicted octanol–water partition coefficient (Wildman–Crippen LogP) is 2.83. The van der Waals surface area contributed by atoms with Crippen LogP contribution in [0.15, 0.2) is 12.1 Å². The second-order valence-corrected chi connectivity index (χ2v) is 4.25. The first-order valence-electron chi connectivity index (χ1n) is 4.29. The first kappa shape index (κ1) is 9.46. The van der Waals surface area contributed by atoms with Gasteiger partial charge in [0, 0.05) is 16.2 Å². The minimum absolute atomic E-state index is 0.250. The van der Waals surface area contributed by atoms with Gasteiger partial charge in [0.05, 0.1) is 0 Å². The lowest BCUT2D eigenvalue weighted by Crippen LogP contribution is -1.92. The molecule has 66 valence electrons. The SMILES string of the molecule is CCCc1ccc(CC(C)=O)s1. The summed E-state index contributed by atoms with van der Waals surface area (Å²) < 4.78 is 0. The highest BCUT2D eigenvalue weighted by atomic mass is 32.1. The summed E-state index contributed by atoms with van der Waals surface area (Å²) >= 11 is 1.76. The van der Waals surface area contributed by atoms with Gasteiger partial charge in [-0.3, -0.25) is 4.79 Å². The van der Waals surface area contributed by atoms with Gasteiger partial charge >= 0.3 is 0 Å². The lowest BCUT2D eigenvalue weighted by atomic mass is 10.2. The number of hydrogen-bond acceptors (Lipinski definition) is 2. The molecule has 0 aliphatic carbocycles. The summed E-state index contributed by atoms with van der Waals surface area (Å²) in [7, 11) is 0. The topological polar surface area (TPSA) is 17.1 Å². The Kier molecular flexibility index (Phi) is 3.48. The van der Waals surface area contributed by atoms with Crippen LogP contribution in [0.4, 0.5) is 0 Å². The summed E-state index contributed by atoms with van der Waals surface area (Å²) in [6.07, 6.45) is 2.93. The van der Waals surface area contributed by atoms with E-state index in [0.717, 1.165) is 6.42 Å². The van der Waals surface area contributed by atoms with Gasteiger partial charge in [-0.1, -0.05) is 13.3 Å². The van der Waals surface area contributed by atoms with Crippen LogP contribution in [0.5, 0.6) is 0 Å². The van der Waals surface area contributed by atoms with Crippen LogP contribution in [0, 0.1) is 0 Å². The molecule has 2 heteroatoms. The molecule has 0 saturated heterocycles. The summed E-state index contributed by atoms with van der Waals surface area (Å²) in [4.78, 5) is 13.4. The Balaban J connectivity index is 2.58. The molecule has 1 rings (SSSR count). The maximum atomic E-state index is 10.8. The van der Waals surface area contributed by atoms with E-state index >= 15 is 0 Å². The fourth-order valence-corrected chi connectivity index (χ4v) is 2.33. The number of thiophene rings is 1. The van der Waals surface area contributed by atoms with Gasteiger partial charge < -0.3 is 0 Å². The molecule has 0 aromatic carbocycles. The average Bonchev–Trinajstić information content (AvgIpc) is 2.36. The van der Waals surface area contributed by atoms with E-state index in [-0.39, 0.29) is 5.78 Å². The molecule has 1 heterocycles. The Bertz CT molecular complexity index is 263. The van der Waals surface area contributed by atoms with Crippen molar-refractivity contribution < 1.29 is 4.79 Å². The maximum absolute atomic E-state index is 10.8. The maximum Gasteiger partial charge on any atom is 0.135 e. The normalized spacial score (nSPS) is 10.2. The molecule has 0 aliphatic heterocycles. The van der Waals surface area contributed by atoms with Gasteiger partial charge in [0.1, 0.15) is 5.78 Å². The Morgan fingerprint density at radius 3 is 2.67 bits per heavy atom. The minimum atomic E-state index is 0.250. The Morgan fingerprint density at radius 1 is 1.42 bits per heavy atom. The summed E-state index contributed by atoms with van der Waals surface area (Å²) in [6.45, 7) is 3.81. The number of carbonyl (C=O) groups excluding carboxylic acids is 1. The van der Waals surface area contributed by atoms with Crippen LogP contribution in [-0.2, 0) is 17.6 Å². The second-order valence-electron chi connectivity index (χ2n) is 3.00. The summed E-state index contributed by atoms with van der Waals surface area (Å²) in [5, 5.41) is 0. The summed E-state index contributed by atoms with van der Waals surface area (Å²) in [6, 6.07) is 4.20. The monoisotopic (exact) mass is 182 g/mol. The van der Waals surface area contributed by atoms with Crippen LogP contribution in [0.3, 0.4) is 0 Å². The molecule has 0 aliphatic rings. The lowest BCUT2D eigenvalue weighted by Gasteiger charge is -1.90. The largest absolute Gasteiger partial charge is 0.300 e. The number of ketones is 1. The molecular weight excluding hydrogens is 168 g/mol. The molecule has 0 atom stereocenters. The quantitative estimate of drug-likeness (QED) is 0.699. The zero-order chi connectivity index (χ0) is 8.97. The molecule has 0 amide bonds. The van der Waals surface area contributed by atoms with E-state index < -0.39 is 0 Å². The number of carbonyl (C=O) groups is 1. The van der Waals surface area contributed by atoms with Crippen LogP contribution in [-0.4, -0.2) is 5.78 Å². The Morgan fingerprint density at radius 2 is 2.08 bits per heavy atom. The van der Waals surface area contributed by atoms with Crippen LogP contribution in [0.25, 0.3) is 0 Å². The van der Waals surface area contributed by atoms with Crippen molar-refractivity contribution in [2.75, 3.05) is 0 Å². The highest BCUT2D eigenvalue weighted by Gasteiger charge is 2.01.